The van der Waals surface area contributed by atoms with Crippen LogP contribution in [0.3, 0.4) is 0 Å². The van der Waals surface area contributed by atoms with E-state index in [1.165, 1.54) is 21.9 Å². The number of piperazine rings is 1. The van der Waals surface area contributed by atoms with Crippen LogP contribution >= 0.6 is 0 Å². The van der Waals surface area contributed by atoms with E-state index in [9.17, 15) is 14.7 Å². The van der Waals surface area contributed by atoms with Crippen molar-refractivity contribution in [3.8, 4) is 11.3 Å². The highest BCUT2D eigenvalue weighted by molar-refractivity contribution is 6.08. The smallest absolute Gasteiger partial charge is 0.276 e. The fraction of sp³-hybridized carbons (Fsp3) is 0.394. The van der Waals surface area contributed by atoms with Gasteiger partial charge in [0.05, 0.1) is 29.9 Å². The molecule has 1 fully saturated rings. The van der Waals surface area contributed by atoms with Crippen molar-refractivity contribution < 1.29 is 9.90 Å². The number of aromatic nitrogens is 4. The first kappa shape index (κ1) is 28.3. The van der Waals surface area contributed by atoms with Crippen molar-refractivity contribution in [2.75, 3.05) is 54.9 Å². The van der Waals surface area contributed by atoms with Gasteiger partial charge in [-0.25, -0.2) is 9.97 Å². The second kappa shape index (κ2) is 11.5. The van der Waals surface area contributed by atoms with Crippen LogP contribution in [0.25, 0.3) is 11.3 Å². The van der Waals surface area contributed by atoms with Crippen LogP contribution in [-0.4, -0.2) is 74.8 Å². The lowest BCUT2D eigenvalue weighted by Gasteiger charge is -2.33. The van der Waals surface area contributed by atoms with Crippen LogP contribution in [0.5, 0.6) is 0 Å². The number of likely N-dealkylation sites (N-methyl/N-ethyl adjacent to an activating group) is 1. The molecule has 0 atom stereocenters. The SMILES string of the molecule is CN1CCN(c2ccc(Nc3ccc(=O)n(C)c3-c3c(CO)ccnc3N3CCn4c(cc5c4CCCC5)C3=O)nc2)CC1. The Kier molecular flexibility index (Phi) is 7.43. The lowest BCUT2D eigenvalue weighted by atomic mass is 9.98. The summed E-state index contributed by atoms with van der Waals surface area (Å²) in [6, 6.07) is 11.0. The maximum Gasteiger partial charge on any atom is 0.276 e. The molecule has 4 aromatic heterocycles. The van der Waals surface area contributed by atoms with E-state index >= 15 is 0 Å². The highest BCUT2D eigenvalue weighted by Gasteiger charge is 2.33. The predicted octanol–water partition coefficient (Wildman–Crippen LogP) is 3.17. The van der Waals surface area contributed by atoms with E-state index in [2.05, 4.69) is 32.8 Å². The average molecular weight is 595 g/mol. The second-order valence-corrected chi connectivity index (χ2v) is 12.0. The number of hydrogen-bond donors (Lipinski definition) is 2. The monoisotopic (exact) mass is 594 g/mol. The minimum Gasteiger partial charge on any atom is -0.392 e. The summed E-state index contributed by atoms with van der Waals surface area (Å²) in [6.45, 7) is 4.76. The van der Waals surface area contributed by atoms with Crippen LogP contribution in [0.4, 0.5) is 23.0 Å². The van der Waals surface area contributed by atoms with E-state index < -0.39 is 0 Å². The molecule has 0 unspecified atom stereocenters. The molecule has 1 aliphatic carbocycles. The largest absolute Gasteiger partial charge is 0.392 e. The molecule has 7 rings (SSSR count). The van der Waals surface area contributed by atoms with Crippen LogP contribution < -0.4 is 20.7 Å². The molecular formula is C33H38N8O3. The molecule has 228 valence electrons. The minimum atomic E-state index is -0.280. The molecule has 4 aromatic rings. The van der Waals surface area contributed by atoms with Gasteiger partial charge in [0.2, 0.25) is 0 Å². The van der Waals surface area contributed by atoms with Gasteiger partial charge in [-0.3, -0.25) is 14.5 Å². The Labute approximate surface area is 256 Å². The first-order valence-corrected chi connectivity index (χ1v) is 15.4. The number of hydrogen-bond acceptors (Lipinski definition) is 8. The first-order valence-electron chi connectivity index (χ1n) is 15.4. The number of amides is 1. The number of carbonyl (C=O) groups is 1. The van der Waals surface area contributed by atoms with E-state index in [4.69, 9.17) is 9.97 Å². The fourth-order valence-corrected chi connectivity index (χ4v) is 6.81. The molecule has 11 nitrogen and oxygen atoms in total. The van der Waals surface area contributed by atoms with Crippen molar-refractivity contribution in [3.63, 3.8) is 0 Å². The van der Waals surface area contributed by atoms with Gasteiger partial charge in [-0.05, 0) is 74.2 Å². The molecule has 0 spiro atoms. The molecule has 44 heavy (non-hydrogen) atoms. The van der Waals surface area contributed by atoms with E-state index in [0.29, 0.717) is 52.9 Å². The van der Waals surface area contributed by atoms with Crippen LogP contribution in [0, 0.1) is 0 Å². The van der Waals surface area contributed by atoms with Crippen molar-refractivity contribution in [2.24, 2.45) is 7.05 Å². The van der Waals surface area contributed by atoms with Gasteiger partial charge in [0.1, 0.15) is 17.3 Å². The molecule has 0 radical (unpaired) electrons. The molecule has 6 heterocycles. The molecule has 1 saturated heterocycles. The number of nitrogens with zero attached hydrogens (tertiary/aromatic N) is 7. The summed E-state index contributed by atoms with van der Waals surface area (Å²) in [5.41, 5.74) is 6.35. The molecule has 0 bridgehead atoms. The molecule has 2 aliphatic heterocycles. The Hall–Kier alpha value is -4.48. The highest BCUT2D eigenvalue weighted by atomic mass is 16.3. The van der Waals surface area contributed by atoms with E-state index in [1.807, 2.05) is 18.3 Å². The number of carbonyl (C=O) groups excluding carboxylic acids is 1. The third-order valence-electron chi connectivity index (χ3n) is 9.29. The summed E-state index contributed by atoms with van der Waals surface area (Å²) in [5, 5.41) is 13.9. The Bertz CT molecular complexity index is 1770. The molecule has 3 aliphatic rings. The highest BCUT2D eigenvalue weighted by Crippen LogP contribution is 2.39. The number of anilines is 4. The number of fused-ring (bicyclic) bond motifs is 3. The zero-order valence-electron chi connectivity index (χ0n) is 25.3. The van der Waals surface area contributed by atoms with Crippen molar-refractivity contribution in [1.29, 1.82) is 0 Å². The number of aliphatic hydroxyl groups excluding tert-OH is 1. The van der Waals surface area contributed by atoms with Crippen molar-refractivity contribution in [2.45, 2.75) is 38.8 Å². The van der Waals surface area contributed by atoms with Crippen LogP contribution in [-0.2, 0) is 33.0 Å². The van der Waals surface area contributed by atoms with Crippen LogP contribution in [0.15, 0.2) is 53.6 Å². The number of pyridine rings is 3. The Morgan fingerprint density at radius 2 is 1.73 bits per heavy atom. The van der Waals surface area contributed by atoms with Gasteiger partial charge in [0.15, 0.2) is 0 Å². The van der Waals surface area contributed by atoms with Crippen molar-refractivity contribution in [3.05, 3.63) is 81.7 Å². The van der Waals surface area contributed by atoms with E-state index in [-0.39, 0.29) is 18.1 Å². The Morgan fingerprint density at radius 3 is 2.50 bits per heavy atom. The zero-order valence-corrected chi connectivity index (χ0v) is 25.3. The van der Waals surface area contributed by atoms with Gasteiger partial charge >= 0.3 is 0 Å². The quantitative estimate of drug-likeness (QED) is 0.350. The first-order chi connectivity index (χ1) is 21.4. The molecule has 0 aromatic carbocycles. The lowest BCUT2D eigenvalue weighted by molar-refractivity contribution is 0.0963. The summed E-state index contributed by atoms with van der Waals surface area (Å²) in [4.78, 5) is 42.8. The Morgan fingerprint density at radius 1 is 0.909 bits per heavy atom. The molecular weight excluding hydrogens is 556 g/mol. The maximum atomic E-state index is 14.0. The third-order valence-corrected chi connectivity index (χ3v) is 9.29. The molecule has 11 heteroatoms. The molecule has 2 N–H and O–H groups in total. The maximum absolute atomic E-state index is 14.0. The van der Waals surface area contributed by atoms with Gasteiger partial charge in [0, 0.05) is 69.8 Å². The van der Waals surface area contributed by atoms with Crippen molar-refractivity contribution >= 4 is 28.9 Å². The minimum absolute atomic E-state index is 0.119. The van der Waals surface area contributed by atoms with Gasteiger partial charge in [-0.2, -0.15) is 0 Å². The van der Waals surface area contributed by atoms with Crippen molar-refractivity contribution in [1.82, 2.24) is 24.0 Å². The summed E-state index contributed by atoms with van der Waals surface area (Å²) in [7, 11) is 3.83. The third kappa shape index (κ3) is 4.95. The topological polar surface area (TPSA) is 112 Å². The molecule has 1 amide bonds. The standard InChI is InChI=1S/C33H38N8O3/c1-37-13-15-39(16-14-37)24-7-9-28(35-20-24)36-25-8-10-29(43)38(2)31(25)30-23(21-42)11-12-34-32(30)41-18-17-40-26-6-4-3-5-22(26)19-27(40)33(41)44/h7-12,19-20,42H,3-6,13-18,21H2,1-2H3,(H,35,36). The normalized spacial score (nSPS) is 17.0. The zero-order chi connectivity index (χ0) is 30.4. The van der Waals surface area contributed by atoms with Gasteiger partial charge in [-0.1, -0.05) is 0 Å². The van der Waals surface area contributed by atoms with Gasteiger partial charge in [0.25, 0.3) is 11.5 Å². The van der Waals surface area contributed by atoms with Crippen LogP contribution in [0.2, 0.25) is 0 Å². The molecule has 0 saturated carbocycles. The predicted molar refractivity (Wildman–Crippen MR) is 171 cm³/mol. The van der Waals surface area contributed by atoms with Crippen LogP contribution in [0.1, 0.15) is 40.2 Å². The number of nitrogens with one attached hydrogen (secondary N) is 1. The van der Waals surface area contributed by atoms with E-state index in [0.717, 1.165) is 57.5 Å². The fourth-order valence-electron chi connectivity index (χ4n) is 6.81. The average Bonchev–Trinajstić information content (AvgIpc) is 3.44. The number of aliphatic hydroxyl groups is 1. The summed E-state index contributed by atoms with van der Waals surface area (Å²) in [5.74, 6) is 0.928. The lowest BCUT2D eigenvalue weighted by Crippen LogP contribution is -2.44. The number of rotatable bonds is 6. The van der Waals surface area contributed by atoms with E-state index in [1.54, 1.807) is 30.3 Å². The second-order valence-electron chi connectivity index (χ2n) is 12.0. The summed E-state index contributed by atoms with van der Waals surface area (Å²) < 4.78 is 3.71. The summed E-state index contributed by atoms with van der Waals surface area (Å²) in [6.07, 6.45) is 7.76. The van der Waals surface area contributed by atoms with Gasteiger partial charge < -0.3 is 29.4 Å². The Balaban J connectivity index is 1.27. The summed E-state index contributed by atoms with van der Waals surface area (Å²) >= 11 is 0. The number of aryl methyl sites for hydroxylation is 1. The van der Waals surface area contributed by atoms with Gasteiger partial charge in [-0.15, -0.1) is 0 Å².